The van der Waals surface area contributed by atoms with Crippen LogP contribution in [0, 0.1) is 0 Å². The molecule has 132 valence electrons. The Morgan fingerprint density at radius 3 is 2.26 bits per heavy atom. The van der Waals surface area contributed by atoms with Gasteiger partial charge in [-0.3, -0.25) is 0 Å². The fourth-order valence-electron chi connectivity index (χ4n) is 2.98. The van der Waals surface area contributed by atoms with Crippen LogP contribution >= 0.6 is 0 Å². The van der Waals surface area contributed by atoms with Crippen LogP contribution in [0.25, 0.3) is 21.5 Å². The van der Waals surface area contributed by atoms with Crippen LogP contribution in [-0.2, 0) is 0 Å². The lowest BCUT2D eigenvalue weighted by Gasteiger charge is -2.08. The van der Waals surface area contributed by atoms with Gasteiger partial charge in [-0.2, -0.15) is 0 Å². The molecule has 0 aliphatic heterocycles. The molecule has 0 amide bonds. The lowest BCUT2D eigenvalue weighted by molar-refractivity contribution is 0.0694. The molecule has 4 aromatic carbocycles. The highest BCUT2D eigenvalue weighted by Gasteiger charge is 2.11. The lowest BCUT2D eigenvalue weighted by Crippen LogP contribution is -2.08. The number of phenolic OH excluding ortho intramolecular Hbond substituents is 1. The van der Waals surface area contributed by atoms with E-state index in [4.69, 9.17) is 9.84 Å². The van der Waals surface area contributed by atoms with Gasteiger partial charge in [0.15, 0.2) is 0 Å². The predicted molar refractivity (Wildman–Crippen MR) is 101 cm³/mol. The fourth-order valence-corrected chi connectivity index (χ4v) is 2.98. The highest BCUT2D eigenvalue weighted by molar-refractivity contribution is 5.99. The summed E-state index contributed by atoms with van der Waals surface area (Å²) in [5.74, 6) is -0.981. The van der Waals surface area contributed by atoms with Crippen LogP contribution in [0.3, 0.4) is 0 Å². The molecule has 5 nitrogen and oxygen atoms in total. The van der Waals surface area contributed by atoms with Gasteiger partial charge in [-0.25, -0.2) is 9.59 Å². The third kappa shape index (κ3) is 3.18. The van der Waals surface area contributed by atoms with E-state index < -0.39 is 11.9 Å². The summed E-state index contributed by atoms with van der Waals surface area (Å²) in [6.45, 7) is 0. The van der Waals surface area contributed by atoms with Crippen molar-refractivity contribution < 1.29 is 24.5 Å². The van der Waals surface area contributed by atoms with Gasteiger partial charge in [0, 0.05) is 5.39 Å². The first-order valence-corrected chi connectivity index (χ1v) is 8.22. The van der Waals surface area contributed by atoms with Gasteiger partial charge in [-0.1, -0.05) is 24.3 Å². The summed E-state index contributed by atoms with van der Waals surface area (Å²) in [7, 11) is 0. The third-order valence-corrected chi connectivity index (χ3v) is 4.36. The Morgan fingerprint density at radius 2 is 1.44 bits per heavy atom. The summed E-state index contributed by atoms with van der Waals surface area (Å²) in [4.78, 5) is 23.5. The van der Waals surface area contributed by atoms with E-state index in [1.165, 1.54) is 6.07 Å². The van der Waals surface area contributed by atoms with E-state index in [0.29, 0.717) is 16.7 Å². The number of aromatic carboxylic acids is 1. The van der Waals surface area contributed by atoms with Gasteiger partial charge < -0.3 is 14.9 Å². The van der Waals surface area contributed by atoms with E-state index >= 15 is 0 Å². The Kier molecular flexibility index (Phi) is 3.97. The largest absolute Gasteiger partial charge is 0.507 e. The van der Waals surface area contributed by atoms with Crippen molar-refractivity contribution in [2.75, 3.05) is 0 Å². The first kappa shape index (κ1) is 16.6. The quantitative estimate of drug-likeness (QED) is 0.412. The van der Waals surface area contributed by atoms with Gasteiger partial charge in [0.05, 0.1) is 11.1 Å². The van der Waals surface area contributed by atoms with Crippen LogP contribution in [-0.4, -0.2) is 22.2 Å². The summed E-state index contributed by atoms with van der Waals surface area (Å²) in [5.41, 5.74) is 0.570. The molecule has 2 N–H and O–H groups in total. The topological polar surface area (TPSA) is 83.8 Å². The lowest BCUT2D eigenvalue weighted by atomic mass is 10.1. The minimum absolute atomic E-state index is 0.155. The number of aromatic hydroxyl groups is 1. The second-order valence-electron chi connectivity index (χ2n) is 6.13. The summed E-state index contributed by atoms with van der Waals surface area (Å²) < 4.78 is 5.45. The van der Waals surface area contributed by atoms with E-state index in [0.717, 1.165) is 16.2 Å². The van der Waals surface area contributed by atoms with Crippen LogP contribution in [0.15, 0.2) is 72.8 Å². The number of esters is 1. The average molecular weight is 358 g/mol. The number of carbonyl (C=O) groups is 2. The molecule has 0 aromatic heterocycles. The van der Waals surface area contributed by atoms with Crippen LogP contribution in [0.5, 0.6) is 11.5 Å². The third-order valence-electron chi connectivity index (χ3n) is 4.36. The second kappa shape index (κ2) is 6.46. The zero-order valence-electron chi connectivity index (χ0n) is 14.0. The van der Waals surface area contributed by atoms with Crippen molar-refractivity contribution in [3.63, 3.8) is 0 Å². The molecule has 0 bridgehead atoms. The standard InChI is InChI=1S/C22H14O5/c23-20-3-1-2-15-11-17(7-9-19(15)20)22(26)27-18-8-6-13-10-16(21(24)25)5-4-14(13)12-18/h1-12,23H,(H,24,25). The number of phenols is 1. The van der Waals surface area contributed by atoms with Crippen LogP contribution in [0.2, 0.25) is 0 Å². The highest BCUT2D eigenvalue weighted by Crippen LogP contribution is 2.26. The molecule has 27 heavy (non-hydrogen) atoms. The molecule has 0 saturated heterocycles. The number of benzene rings is 4. The van der Waals surface area contributed by atoms with Crippen molar-refractivity contribution in [1.29, 1.82) is 0 Å². The number of carboxylic acids is 1. The molecule has 0 atom stereocenters. The van der Waals surface area contributed by atoms with Crippen LogP contribution in [0.4, 0.5) is 0 Å². The van der Waals surface area contributed by atoms with E-state index in [1.54, 1.807) is 60.7 Å². The smallest absolute Gasteiger partial charge is 0.343 e. The first-order chi connectivity index (χ1) is 13.0. The molecule has 0 saturated carbocycles. The maximum Gasteiger partial charge on any atom is 0.343 e. The van der Waals surface area contributed by atoms with E-state index in [9.17, 15) is 14.7 Å². The first-order valence-electron chi connectivity index (χ1n) is 8.22. The maximum absolute atomic E-state index is 12.5. The maximum atomic E-state index is 12.5. The second-order valence-corrected chi connectivity index (χ2v) is 6.13. The number of carboxylic acid groups (broad SMARTS) is 1. The van der Waals surface area contributed by atoms with Gasteiger partial charge in [-0.15, -0.1) is 0 Å². The minimum atomic E-state index is -0.991. The SMILES string of the molecule is O=C(O)c1ccc2cc(OC(=O)c3ccc4c(O)cccc4c3)ccc2c1. The Labute approximate surface area is 154 Å². The Bertz CT molecular complexity index is 1210. The summed E-state index contributed by atoms with van der Waals surface area (Å²) >= 11 is 0. The van der Waals surface area contributed by atoms with Crippen LogP contribution < -0.4 is 4.74 Å². The number of rotatable bonds is 3. The van der Waals surface area contributed by atoms with Crippen molar-refractivity contribution in [3.05, 3.63) is 83.9 Å². The highest BCUT2D eigenvalue weighted by atomic mass is 16.5. The number of hydrogen-bond donors (Lipinski definition) is 2. The van der Waals surface area contributed by atoms with E-state index in [1.807, 2.05) is 6.07 Å². The average Bonchev–Trinajstić information content (AvgIpc) is 2.67. The Hall–Kier alpha value is -3.86. The van der Waals surface area contributed by atoms with Gasteiger partial charge in [0.1, 0.15) is 11.5 Å². The zero-order chi connectivity index (χ0) is 19.0. The Balaban J connectivity index is 1.62. The minimum Gasteiger partial charge on any atom is -0.507 e. The van der Waals surface area contributed by atoms with Crippen molar-refractivity contribution >= 4 is 33.5 Å². The molecule has 0 unspecified atom stereocenters. The van der Waals surface area contributed by atoms with Crippen LogP contribution in [0.1, 0.15) is 20.7 Å². The molecular formula is C22H14O5. The Morgan fingerprint density at radius 1 is 0.741 bits per heavy atom. The van der Waals surface area contributed by atoms with Gasteiger partial charge in [0.2, 0.25) is 0 Å². The molecule has 0 fully saturated rings. The normalized spacial score (nSPS) is 10.8. The molecule has 0 spiro atoms. The van der Waals surface area contributed by atoms with Crippen molar-refractivity contribution in [3.8, 4) is 11.5 Å². The van der Waals surface area contributed by atoms with Gasteiger partial charge in [0.25, 0.3) is 0 Å². The molecule has 4 aromatic rings. The number of fused-ring (bicyclic) bond motifs is 2. The molecule has 4 rings (SSSR count). The molecule has 5 heteroatoms. The molecule has 0 radical (unpaired) electrons. The summed E-state index contributed by atoms with van der Waals surface area (Å²) in [6.07, 6.45) is 0. The monoisotopic (exact) mass is 358 g/mol. The zero-order valence-corrected chi connectivity index (χ0v) is 14.0. The van der Waals surface area contributed by atoms with Crippen molar-refractivity contribution in [2.45, 2.75) is 0 Å². The van der Waals surface area contributed by atoms with Crippen molar-refractivity contribution in [2.24, 2.45) is 0 Å². The molecule has 0 aliphatic carbocycles. The summed E-state index contributed by atoms with van der Waals surface area (Å²) in [5, 5.41) is 21.8. The van der Waals surface area contributed by atoms with E-state index in [-0.39, 0.29) is 11.3 Å². The van der Waals surface area contributed by atoms with Crippen molar-refractivity contribution in [1.82, 2.24) is 0 Å². The molecule has 0 aliphatic rings. The number of ether oxygens (including phenoxy) is 1. The number of carbonyl (C=O) groups excluding carboxylic acids is 1. The fraction of sp³-hybridized carbons (Fsp3) is 0. The molecular weight excluding hydrogens is 344 g/mol. The summed E-state index contributed by atoms with van der Waals surface area (Å²) in [6, 6.07) is 19.8. The molecule has 0 heterocycles. The van der Waals surface area contributed by atoms with Gasteiger partial charge >= 0.3 is 11.9 Å². The van der Waals surface area contributed by atoms with Gasteiger partial charge in [-0.05, 0) is 64.7 Å². The van der Waals surface area contributed by atoms with E-state index in [2.05, 4.69) is 0 Å². The number of hydrogen-bond acceptors (Lipinski definition) is 4. The predicted octanol–water partition coefficient (Wildman–Crippen LogP) is 4.62.